The third-order valence-electron chi connectivity index (χ3n) is 4.25. The van der Waals surface area contributed by atoms with E-state index in [1.807, 2.05) is 42.5 Å². The van der Waals surface area contributed by atoms with Crippen LogP contribution in [0.2, 0.25) is 0 Å². The number of nitrogens with zero attached hydrogens (tertiary/aromatic N) is 3. The van der Waals surface area contributed by atoms with Crippen molar-refractivity contribution >= 4 is 0 Å². The molecule has 0 amide bonds. The summed E-state index contributed by atoms with van der Waals surface area (Å²) in [5.41, 5.74) is 6.17. The molecule has 0 aliphatic carbocycles. The molecule has 0 fully saturated rings. The van der Waals surface area contributed by atoms with Crippen molar-refractivity contribution in [2.24, 2.45) is 0 Å². The lowest BCUT2D eigenvalue weighted by molar-refractivity contribution is 0.415. The number of methoxy groups -OCH3 is 1. The van der Waals surface area contributed by atoms with Gasteiger partial charge in [0.25, 0.3) is 0 Å². The first kappa shape index (κ1) is 16.0. The molecule has 0 bridgehead atoms. The summed E-state index contributed by atoms with van der Waals surface area (Å²) in [4.78, 5) is 12.9. The van der Waals surface area contributed by atoms with E-state index in [1.54, 1.807) is 25.8 Å². The smallest absolute Gasteiger partial charge is 0.118 e. The first-order valence-corrected chi connectivity index (χ1v) is 8.31. The van der Waals surface area contributed by atoms with Crippen LogP contribution in [-0.4, -0.2) is 22.1 Å². The molecule has 4 rings (SSSR count). The minimum atomic E-state index is 0.828. The van der Waals surface area contributed by atoms with Gasteiger partial charge in [-0.15, -0.1) is 0 Å². The van der Waals surface area contributed by atoms with E-state index in [1.165, 1.54) is 0 Å². The summed E-state index contributed by atoms with van der Waals surface area (Å²) in [5, 5.41) is 0. The quantitative estimate of drug-likeness (QED) is 0.531. The number of ether oxygens (including phenoxy) is 1. The molecule has 0 aliphatic rings. The number of benzene rings is 2. The maximum Gasteiger partial charge on any atom is 0.118 e. The van der Waals surface area contributed by atoms with E-state index in [-0.39, 0.29) is 0 Å². The average molecular weight is 339 g/mol. The Kier molecular flexibility index (Phi) is 4.39. The van der Waals surface area contributed by atoms with Crippen LogP contribution >= 0.6 is 0 Å². The van der Waals surface area contributed by atoms with Crippen LogP contribution in [0.5, 0.6) is 5.75 Å². The first-order chi connectivity index (χ1) is 12.8. The van der Waals surface area contributed by atoms with Crippen molar-refractivity contribution in [3.05, 3.63) is 85.5 Å². The lowest BCUT2D eigenvalue weighted by Gasteiger charge is -2.07. The van der Waals surface area contributed by atoms with Crippen LogP contribution in [0.25, 0.3) is 33.6 Å². The number of pyridine rings is 1. The predicted molar refractivity (Wildman–Crippen MR) is 103 cm³/mol. The molecule has 26 heavy (non-hydrogen) atoms. The van der Waals surface area contributed by atoms with Gasteiger partial charge in [0.1, 0.15) is 12.1 Å². The number of hydrogen-bond donors (Lipinski definition) is 0. The SMILES string of the molecule is COc1ccc(-c2cc(-c3ccc(-c4ccncc4)cc3)ncn2)cc1. The van der Waals surface area contributed by atoms with Gasteiger partial charge >= 0.3 is 0 Å². The topological polar surface area (TPSA) is 47.9 Å². The molecule has 0 aliphatic heterocycles. The normalized spacial score (nSPS) is 10.5. The minimum absolute atomic E-state index is 0.828. The Labute approximate surface area is 152 Å². The molecule has 0 saturated heterocycles. The van der Waals surface area contributed by atoms with Gasteiger partial charge in [-0.05, 0) is 53.6 Å². The zero-order chi connectivity index (χ0) is 17.8. The van der Waals surface area contributed by atoms with Crippen molar-refractivity contribution in [3.63, 3.8) is 0 Å². The summed E-state index contributed by atoms with van der Waals surface area (Å²) < 4.78 is 5.21. The molecule has 4 aromatic rings. The number of hydrogen-bond acceptors (Lipinski definition) is 4. The van der Waals surface area contributed by atoms with E-state index in [4.69, 9.17) is 4.74 Å². The number of aromatic nitrogens is 3. The average Bonchev–Trinajstić information content (AvgIpc) is 2.75. The Balaban J connectivity index is 1.63. The predicted octanol–water partition coefficient (Wildman–Crippen LogP) is 4.88. The largest absolute Gasteiger partial charge is 0.497 e. The molecule has 4 nitrogen and oxygen atoms in total. The zero-order valence-corrected chi connectivity index (χ0v) is 14.3. The second-order valence-corrected chi connectivity index (χ2v) is 5.83. The third-order valence-corrected chi connectivity index (χ3v) is 4.25. The van der Waals surface area contributed by atoms with Crippen molar-refractivity contribution in [2.45, 2.75) is 0 Å². The standard InChI is InChI=1S/C22H17N3O/c1-26-20-8-6-19(7-9-20)22-14-21(24-15-25-22)18-4-2-16(3-5-18)17-10-12-23-13-11-17/h2-15H,1H3. The Morgan fingerprint density at radius 3 is 1.69 bits per heavy atom. The molecule has 0 N–H and O–H groups in total. The molecule has 2 aromatic carbocycles. The van der Waals surface area contributed by atoms with Gasteiger partial charge in [0.05, 0.1) is 18.5 Å². The highest BCUT2D eigenvalue weighted by molar-refractivity contribution is 5.71. The van der Waals surface area contributed by atoms with Crippen molar-refractivity contribution in [3.8, 4) is 39.4 Å². The van der Waals surface area contributed by atoms with Crippen molar-refractivity contribution in [2.75, 3.05) is 7.11 Å². The highest BCUT2D eigenvalue weighted by atomic mass is 16.5. The lowest BCUT2D eigenvalue weighted by Crippen LogP contribution is -1.90. The fourth-order valence-corrected chi connectivity index (χ4v) is 2.81. The summed E-state index contributed by atoms with van der Waals surface area (Å²) in [6.45, 7) is 0. The van der Waals surface area contributed by atoms with E-state index in [0.717, 1.165) is 39.4 Å². The second-order valence-electron chi connectivity index (χ2n) is 5.83. The first-order valence-electron chi connectivity index (χ1n) is 8.31. The molecule has 2 heterocycles. The van der Waals surface area contributed by atoms with Crippen LogP contribution in [-0.2, 0) is 0 Å². The van der Waals surface area contributed by atoms with Gasteiger partial charge in [-0.1, -0.05) is 24.3 Å². The highest BCUT2D eigenvalue weighted by Crippen LogP contribution is 2.26. The van der Waals surface area contributed by atoms with Crippen LogP contribution in [0.1, 0.15) is 0 Å². The van der Waals surface area contributed by atoms with Crippen LogP contribution in [0.15, 0.2) is 85.5 Å². The summed E-state index contributed by atoms with van der Waals surface area (Å²) in [6, 6.07) is 22.2. The van der Waals surface area contributed by atoms with E-state index in [9.17, 15) is 0 Å². The van der Waals surface area contributed by atoms with Gasteiger partial charge in [0.2, 0.25) is 0 Å². The highest BCUT2D eigenvalue weighted by Gasteiger charge is 2.05. The molecular formula is C22H17N3O. The summed E-state index contributed by atoms with van der Waals surface area (Å²) >= 11 is 0. The Morgan fingerprint density at radius 2 is 1.12 bits per heavy atom. The molecular weight excluding hydrogens is 322 g/mol. The van der Waals surface area contributed by atoms with Gasteiger partial charge in [-0.3, -0.25) is 4.98 Å². The lowest BCUT2D eigenvalue weighted by atomic mass is 10.0. The van der Waals surface area contributed by atoms with Gasteiger partial charge in [0, 0.05) is 23.5 Å². The van der Waals surface area contributed by atoms with Gasteiger partial charge in [-0.2, -0.15) is 0 Å². The fourth-order valence-electron chi connectivity index (χ4n) is 2.81. The van der Waals surface area contributed by atoms with Crippen LogP contribution in [0.4, 0.5) is 0 Å². The molecule has 2 aromatic heterocycles. The monoisotopic (exact) mass is 339 g/mol. The van der Waals surface area contributed by atoms with E-state index in [2.05, 4.69) is 39.2 Å². The molecule has 0 saturated carbocycles. The van der Waals surface area contributed by atoms with Crippen LogP contribution in [0, 0.1) is 0 Å². The van der Waals surface area contributed by atoms with E-state index in [0.29, 0.717) is 0 Å². The van der Waals surface area contributed by atoms with Crippen molar-refractivity contribution < 1.29 is 4.74 Å². The molecule has 0 unspecified atom stereocenters. The fraction of sp³-hybridized carbons (Fsp3) is 0.0455. The van der Waals surface area contributed by atoms with Crippen LogP contribution < -0.4 is 4.74 Å². The summed E-state index contributed by atoms with van der Waals surface area (Å²) in [7, 11) is 1.66. The maximum atomic E-state index is 5.21. The Bertz CT molecular complexity index is 997. The van der Waals surface area contributed by atoms with Crippen molar-refractivity contribution in [1.82, 2.24) is 15.0 Å². The number of rotatable bonds is 4. The van der Waals surface area contributed by atoms with E-state index < -0.39 is 0 Å². The molecule has 126 valence electrons. The van der Waals surface area contributed by atoms with Gasteiger partial charge < -0.3 is 4.74 Å². The molecule has 0 radical (unpaired) electrons. The molecule has 0 atom stereocenters. The Hall–Kier alpha value is -3.53. The van der Waals surface area contributed by atoms with E-state index >= 15 is 0 Å². The zero-order valence-electron chi connectivity index (χ0n) is 14.3. The van der Waals surface area contributed by atoms with Gasteiger partial charge in [-0.25, -0.2) is 9.97 Å². The molecule has 0 spiro atoms. The maximum absolute atomic E-state index is 5.21. The van der Waals surface area contributed by atoms with Gasteiger partial charge in [0.15, 0.2) is 0 Å². The van der Waals surface area contributed by atoms with Crippen LogP contribution in [0.3, 0.4) is 0 Å². The third kappa shape index (κ3) is 3.30. The minimum Gasteiger partial charge on any atom is -0.497 e. The molecule has 4 heteroatoms. The second kappa shape index (κ2) is 7.15. The summed E-state index contributed by atoms with van der Waals surface area (Å²) in [5.74, 6) is 0.828. The Morgan fingerprint density at radius 1 is 0.615 bits per heavy atom. The van der Waals surface area contributed by atoms with Crippen molar-refractivity contribution in [1.29, 1.82) is 0 Å². The summed E-state index contributed by atoms with van der Waals surface area (Å²) in [6.07, 6.45) is 5.20.